The Hall–Kier alpha value is -1.21. The lowest BCUT2D eigenvalue weighted by molar-refractivity contribution is -0.136. The summed E-state index contributed by atoms with van der Waals surface area (Å²) in [6, 6.07) is 1.27. The van der Waals surface area contributed by atoms with Crippen LogP contribution in [0.1, 0.15) is 28.1 Å². The first-order valence-corrected chi connectivity index (χ1v) is 7.10. The Kier molecular flexibility index (Phi) is 2.74. The highest BCUT2D eigenvalue weighted by atomic mass is 79.9. The first-order chi connectivity index (χ1) is 8.56. The fourth-order valence-corrected chi connectivity index (χ4v) is 3.99. The number of hydrogen-bond donors (Lipinski definition) is 1. The lowest BCUT2D eigenvalue weighted by Gasteiger charge is -2.29. The first kappa shape index (κ1) is 11.9. The number of hydrogen-bond acceptors (Lipinski definition) is 4. The average Bonchev–Trinajstić information content (AvgIpc) is 2.78. The third kappa shape index (κ3) is 1.78. The molecule has 0 aliphatic carbocycles. The van der Waals surface area contributed by atoms with Crippen molar-refractivity contribution in [1.29, 1.82) is 0 Å². The molecule has 1 aromatic heterocycles. The molecule has 0 aromatic carbocycles. The van der Waals surface area contributed by atoms with Crippen molar-refractivity contribution in [3.05, 3.63) is 20.3 Å². The minimum absolute atomic E-state index is 0.124. The highest BCUT2D eigenvalue weighted by molar-refractivity contribution is 9.11. The molecule has 5 nitrogen and oxygen atoms in total. The SMILES string of the molecule is O=C1CCC(N2Cc3sc(Br)cc3C2=O)C(=O)N1. The summed E-state index contributed by atoms with van der Waals surface area (Å²) in [5.41, 5.74) is 0.663. The maximum Gasteiger partial charge on any atom is 0.256 e. The topological polar surface area (TPSA) is 66.5 Å². The van der Waals surface area contributed by atoms with Gasteiger partial charge in [0.15, 0.2) is 0 Å². The van der Waals surface area contributed by atoms with Gasteiger partial charge in [0.2, 0.25) is 11.8 Å². The number of nitrogens with zero attached hydrogens (tertiary/aromatic N) is 1. The van der Waals surface area contributed by atoms with Crippen LogP contribution in [0.25, 0.3) is 0 Å². The Morgan fingerprint density at radius 1 is 1.39 bits per heavy atom. The summed E-state index contributed by atoms with van der Waals surface area (Å²) in [6.07, 6.45) is 0.698. The van der Waals surface area contributed by atoms with Gasteiger partial charge in [-0.2, -0.15) is 0 Å². The molecule has 3 rings (SSSR count). The average molecular weight is 329 g/mol. The zero-order valence-corrected chi connectivity index (χ0v) is 11.6. The Bertz CT molecular complexity index is 569. The molecule has 1 N–H and O–H groups in total. The maximum atomic E-state index is 12.2. The van der Waals surface area contributed by atoms with Crippen molar-refractivity contribution in [3.8, 4) is 0 Å². The van der Waals surface area contributed by atoms with Gasteiger partial charge in [-0.1, -0.05) is 0 Å². The number of rotatable bonds is 1. The molecule has 94 valence electrons. The Labute approximate surface area is 115 Å². The fourth-order valence-electron chi connectivity index (χ4n) is 2.31. The van der Waals surface area contributed by atoms with Gasteiger partial charge in [-0.15, -0.1) is 11.3 Å². The van der Waals surface area contributed by atoms with E-state index >= 15 is 0 Å². The van der Waals surface area contributed by atoms with Gasteiger partial charge in [-0.05, 0) is 28.4 Å². The minimum Gasteiger partial charge on any atom is -0.321 e. The highest BCUT2D eigenvalue weighted by Crippen LogP contribution is 2.35. The van der Waals surface area contributed by atoms with Crippen molar-refractivity contribution in [1.82, 2.24) is 10.2 Å². The second-order valence-electron chi connectivity index (χ2n) is 4.29. The summed E-state index contributed by atoms with van der Waals surface area (Å²) >= 11 is 4.85. The number of fused-ring (bicyclic) bond motifs is 1. The van der Waals surface area contributed by atoms with Crippen molar-refractivity contribution >= 4 is 45.0 Å². The summed E-state index contributed by atoms with van der Waals surface area (Å²) in [5, 5.41) is 2.28. The Morgan fingerprint density at radius 2 is 2.17 bits per heavy atom. The van der Waals surface area contributed by atoms with E-state index in [2.05, 4.69) is 21.2 Å². The molecule has 0 spiro atoms. The number of imide groups is 1. The number of carbonyl (C=O) groups excluding carboxylic acids is 3. The van der Waals surface area contributed by atoms with E-state index in [9.17, 15) is 14.4 Å². The Balaban J connectivity index is 1.84. The van der Waals surface area contributed by atoms with E-state index in [1.165, 1.54) is 11.3 Å². The van der Waals surface area contributed by atoms with E-state index in [-0.39, 0.29) is 24.1 Å². The number of halogens is 1. The molecule has 3 heterocycles. The summed E-state index contributed by atoms with van der Waals surface area (Å²) in [4.78, 5) is 37.5. The quantitative estimate of drug-likeness (QED) is 0.789. The van der Waals surface area contributed by atoms with Crippen molar-refractivity contribution in [2.75, 3.05) is 0 Å². The lowest BCUT2D eigenvalue weighted by atomic mass is 10.0. The van der Waals surface area contributed by atoms with Crippen LogP contribution in [0.2, 0.25) is 0 Å². The van der Waals surface area contributed by atoms with Crippen LogP contribution in [0, 0.1) is 0 Å². The van der Waals surface area contributed by atoms with Gasteiger partial charge in [-0.25, -0.2) is 0 Å². The van der Waals surface area contributed by atoms with E-state index in [1.54, 1.807) is 11.0 Å². The lowest BCUT2D eigenvalue weighted by Crippen LogP contribution is -2.52. The van der Waals surface area contributed by atoms with Crippen LogP contribution >= 0.6 is 27.3 Å². The smallest absolute Gasteiger partial charge is 0.256 e. The summed E-state index contributed by atoms with van der Waals surface area (Å²) in [6.45, 7) is 0.455. The minimum atomic E-state index is -0.520. The van der Waals surface area contributed by atoms with Gasteiger partial charge in [0.1, 0.15) is 6.04 Å². The fraction of sp³-hybridized carbons (Fsp3) is 0.364. The van der Waals surface area contributed by atoms with E-state index in [1.807, 2.05) is 0 Å². The molecule has 0 radical (unpaired) electrons. The molecular formula is C11H9BrN2O3S. The van der Waals surface area contributed by atoms with E-state index in [4.69, 9.17) is 0 Å². The predicted molar refractivity (Wildman–Crippen MR) is 68.1 cm³/mol. The van der Waals surface area contributed by atoms with Gasteiger partial charge in [-0.3, -0.25) is 19.7 Å². The number of piperidine rings is 1. The first-order valence-electron chi connectivity index (χ1n) is 5.49. The number of nitrogens with one attached hydrogen (secondary N) is 1. The summed E-state index contributed by atoms with van der Waals surface area (Å²) in [5.74, 6) is -0.754. The van der Waals surface area contributed by atoms with Crippen LogP contribution in [-0.2, 0) is 16.1 Å². The monoisotopic (exact) mass is 328 g/mol. The van der Waals surface area contributed by atoms with Crippen molar-refractivity contribution in [3.63, 3.8) is 0 Å². The van der Waals surface area contributed by atoms with Crippen molar-refractivity contribution in [2.45, 2.75) is 25.4 Å². The molecule has 18 heavy (non-hydrogen) atoms. The molecule has 2 aliphatic rings. The molecule has 1 saturated heterocycles. The van der Waals surface area contributed by atoms with E-state index in [0.29, 0.717) is 18.5 Å². The summed E-state index contributed by atoms with van der Waals surface area (Å²) < 4.78 is 0.920. The van der Waals surface area contributed by atoms with Crippen molar-refractivity contribution < 1.29 is 14.4 Å². The molecular weight excluding hydrogens is 320 g/mol. The molecule has 2 aliphatic heterocycles. The third-order valence-corrected chi connectivity index (χ3v) is 4.79. The van der Waals surface area contributed by atoms with Gasteiger partial charge < -0.3 is 4.90 Å². The van der Waals surface area contributed by atoms with Gasteiger partial charge in [0.25, 0.3) is 5.91 Å². The van der Waals surface area contributed by atoms with Crippen LogP contribution in [0.5, 0.6) is 0 Å². The molecule has 1 fully saturated rings. The van der Waals surface area contributed by atoms with Crippen LogP contribution in [-0.4, -0.2) is 28.7 Å². The molecule has 7 heteroatoms. The Morgan fingerprint density at radius 3 is 2.83 bits per heavy atom. The maximum absolute atomic E-state index is 12.2. The van der Waals surface area contributed by atoms with Crippen LogP contribution in [0.15, 0.2) is 9.85 Å². The molecule has 1 atom stereocenters. The molecule has 1 unspecified atom stereocenters. The van der Waals surface area contributed by atoms with Crippen LogP contribution in [0.3, 0.4) is 0 Å². The summed E-state index contributed by atoms with van der Waals surface area (Å²) in [7, 11) is 0. The second-order valence-corrected chi connectivity index (χ2v) is 6.80. The molecule has 1 aromatic rings. The molecule has 0 saturated carbocycles. The van der Waals surface area contributed by atoms with E-state index in [0.717, 1.165) is 8.66 Å². The molecule has 0 bridgehead atoms. The van der Waals surface area contributed by atoms with Gasteiger partial charge in [0.05, 0.1) is 15.9 Å². The number of amides is 3. The predicted octanol–water partition coefficient (Wildman–Crippen LogP) is 1.27. The highest BCUT2D eigenvalue weighted by Gasteiger charge is 2.39. The zero-order chi connectivity index (χ0) is 12.9. The van der Waals surface area contributed by atoms with Crippen LogP contribution < -0.4 is 5.32 Å². The van der Waals surface area contributed by atoms with Gasteiger partial charge in [0, 0.05) is 11.3 Å². The standard InChI is InChI=1S/C11H9BrN2O3S/c12-8-3-5-7(18-8)4-14(11(5)17)6-1-2-9(15)13-10(6)16/h3,6H,1-2,4H2,(H,13,15,16). The number of carbonyl (C=O) groups is 3. The zero-order valence-electron chi connectivity index (χ0n) is 9.23. The van der Waals surface area contributed by atoms with Crippen molar-refractivity contribution in [2.24, 2.45) is 0 Å². The molecule has 3 amide bonds. The largest absolute Gasteiger partial charge is 0.321 e. The van der Waals surface area contributed by atoms with Gasteiger partial charge >= 0.3 is 0 Å². The normalized spacial score (nSPS) is 23.3. The number of thiophene rings is 1. The van der Waals surface area contributed by atoms with Crippen LogP contribution in [0.4, 0.5) is 0 Å². The van der Waals surface area contributed by atoms with E-state index < -0.39 is 6.04 Å². The second kappa shape index (κ2) is 4.17. The third-order valence-electron chi connectivity index (χ3n) is 3.17.